The molecule has 0 saturated heterocycles. The van der Waals surface area contributed by atoms with Gasteiger partial charge in [-0.15, -0.1) is 6.58 Å². The number of nitrogens with zero attached hydrogens (tertiary/aromatic N) is 1. The number of rotatable bonds is 3. The van der Waals surface area contributed by atoms with Crippen LogP contribution in [0.15, 0.2) is 30.2 Å². The van der Waals surface area contributed by atoms with Crippen molar-refractivity contribution in [1.82, 2.24) is 9.97 Å². The van der Waals surface area contributed by atoms with Gasteiger partial charge in [0, 0.05) is 12.4 Å². The van der Waals surface area contributed by atoms with Crippen molar-refractivity contribution in [2.75, 3.05) is 0 Å². The number of imidazole rings is 1. The van der Waals surface area contributed by atoms with Crippen molar-refractivity contribution in [2.24, 2.45) is 5.73 Å². The number of nitrogens with one attached hydrogen (secondary N) is 1. The number of aromatic nitrogens is 2. The fraction of sp³-hybridized carbons (Fsp3) is 0.167. The third-order valence-electron chi connectivity index (χ3n) is 0.953. The normalized spacial score (nSPS) is 12.9. The molecule has 0 fully saturated rings. The standard InChI is InChI=1S/C6H9N3S/c1-2-5(7)10-6-8-3-4-9-6/h2-5H,1,7H2,(H,8,9). The monoisotopic (exact) mass is 155 g/mol. The van der Waals surface area contributed by atoms with Gasteiger partial charge in [0.05, 0.1) is 5.37 Å². The van der Waals surface area contributed by atoms with Crippen LogP contribution in [0.25, 0.3) is 0 Å². The molecule has 0 spiro atoms. The molecular formula is C6H9N3S. The number of aromatic amines is 1. The molecule has 54 valence electrons. The van der Waals surface area contributed by atoms with E-state index < -0.39 is 0 Å². The quantitative estimate of drug-likeness (QED) is 0.388. The molecule has 1 atom stereocenters. The summed E-state index contributed by atoms with van der Waals surface area (Å²) in [6.07, 6.45) is 5.13. The predicted octanol–water partition coefficient (Wildman–Crippen LogP) is 0.973. The number of hydrogen-bond donors (Lipinski definition) is 2. The minimum atomic E-state index is -0.0776. The molecule has 0 radical (unpaired) electrons. The number of thioether (sulfide) groups is 1. The summed E-state index contributed by atoms with van der Waals surface area (Å²) in [5.74, 6) is 0. The SMILES string of the molecule is C=CC(N)Sc1ncc[nH]1. The van der Waals surface area contributed by atoms with Gasteiger partial charge in [0.2, 0.25) is 0 Å². The molecule has 0 aliphatic carbocycles. The van der Waals surface area contributed by atoms with Gasteiger partial charge in [-0.1, -0.05) is 17.8 Å². The highest BCUT2D eigenvalue weighted by atomic mass is 32.2. The first kappa shape index (κ1) is 7.37. The van der Waals surface area contributed by atoms with Crippen LogP contribution in [0.4, 0.5) is 0 Å². The van der Waals surface area contributed by atoms with Gasteiger partial charge in [-0.2, -0.15) is 0 Å². The van der Waals surface area contributed by atoms with Gasteiger partial charge in [0.1, 0.15) is 0 Å². The lowest BCUT2D eigenvalue weighted by Crippen LogP contribution is -2.10. The van der Waals surface area contributed by atoms with E-state index in [0.717, 1.165) is 5.16 Å². The Balaban J connectivity index is 2.47. The Morgan fingerprint density at radius 3 is 3.20 bits per heavy atom. The maximum Gasteiger partial charge on any atom is 0.167 e. The Morgan fingerprint density at radius 1 is 1.90 bits per heavy atom. The molecule has 0 amide bonds. The van der Waals surface area contributed by atoms with Gasteiger partial charge < -0.3 is 10.7 Å². The zero-order chi connectivity index (χ0) is 7.40. The second kappa shape index (κ2) is 3.43. The summed E-state index contributed by atoms with van der Waals surface area (Å²) in [4.78, 5) is 6.91. The van der Waals surface area contributed by atoms with Crippen molar-refractivity contribution in [3.8, 4) is 0 Å². The molecule has 0 aliphatic heterocycles. The molecule has 3 N–H and O–H groups in total. The average molecular weight is 155 g/mol. The van der Waals surface area contributed by atoms with Crippen LogP contribution in [0.2, 0.25) is 0 Å². The van der Waals surface area contributed by atoms with E-state index in [1.807, 2.05) is 0 Å². The molecule has 3 nitrogen and oxygen atoms in total. The van der Waals surface area contributed by atoms with Crippen LogP contribution in [-0.4, -0.2) is 15.3 Å². The molecule has 1 rings (SSSR count). The molecule has 1 heterocycles. The van der Waals surface area contributed by atoms with Crippen LogP contribution in [-0.2, 0) is 0 Å². The van der Waals surface area contributed by atoms with Crippen molar-refractivity contribution in [2.45, 2.75) is 10.5 Å². The lowest BCUT2D eigenvalue weighted by molar-refractivity contribution is 1.04. The molecular weight excluding hydrogens is 146 g/mol. The first-order chi connectivity index (χ1) is 4.83. The summed E-state index contributed by atoms with van der Waals surface area (Å²) in [6, 6.07) is 0. The Morgan fingerprint density at radius 2 is 2.70 bits per heavy atom. The van der Waals surface area contributed by atoms with Gasteiger partial charge in [0.25, 0.3) is 0 Å². The highest BCUT2D eigenvalue weighted by Crippen LogP contribution is 2.14. The summed E-state index contributed by atoms with van der Waals surface area (Å²) < 4.78 is 0. The van der Waals surface area contributed by atoms with E-state index in [2.05, 4.69) is 16.5 Å². The minimum Gasteiger partial charge on any atom is -0.340 e. The lowest BCUT2D eigenvalue weighted by Gasteiger charge is -2.00. The molecule has 0 saturated carbocycles. The van der Waals surface area contributed by atoms with Crippen LogP contribution >= 0.6 is 11.8 Å². The minimum absolute atomic E-state index is 0.0776. The van der Waals surface area contributed by atoms with Crippen molar-refractivity contribution >= 4 is 11.8 Å². The Bertz CT molecular complexity index is 195. The first-order valence-corrected chi connectivity index (χ1v) is 3.75. The number of nitrogens with two attached hydrogens (primary N) is 1. The van der Waals surface area contributed by atoms with E-state index in [9.17, 15) is 0 Å². The van der Waals surface area contributed by atoms with Crippen molar-refractivity contribution in [3.63, 3.8) is 0 Å². The van der Waals surface area contributed by atoms with Gasteiger partial charge in [-0.25, -0.2) is 4.98 Å². The number of H-pyrrole nitrogens is 1. The average Bonchev–Trinajstić information content (AvgIpc) is 2.40. The summed E-state index contributed by atoms with van der Waals surface area (Å²) in [5.41, 5.74) is 5.55. The highest BCUT2D eigenvalue weighted by molar-refractivity contribution is 7.99. The lowest BCUT2D eigenvalue weighted by atomic mass is 10.7. The molecule has 0 bridgehead atoms. The summed E-state index contributed by atoms with van der Waals surface area (Å²) in [6.45, 7) is 3.55. The van der Waals surface area contributed by atoms with E-state index in [4.69, 9.17) is 5.73 Å². The topological polar surface area (TPSA) is 54.7 Å². The van der Waals surface area contributed by atoms with Crippen LogP contribution in [0.3, 0.4) is 0 Å². The van der Waals surface area contributed by atoms with E-state index in [1.54, 1.807) is 18.5 Å². The largest absolute Gasteiger partial charge is 0.340 e. The Hall–Kier alpha value is -0.740. The molecule has 1 aromatic heterocycles. The molecule has 1 unspecified atom stereocenters. The zero-order valence-corrected chi connectivity index (χ0v) is 6.27. The third kappa shape index (κ3) is 1.89. The maximum absolute atomic E-state index is 5.55. The maximum atomic E-state index is 5.55. The Kier molecular flexibility index (Phi) is 2.53. The van der Waals surface area contributed by atoms with Crippen LogP contribution < -0.4 is 5.73 Å². The summed E-state index contributed by atoms with van der Waals surface area (Å²) >= 11 is 1.44. The highest BCUT2D eigenvalue weighted by Gasteiger charge is 1.99. The predicted molar refractivity (Wildman–Crippen MR) is 42.6 cm³/mol. The fourth-order valence-electron chi connectivity index (χ4n) is 0.492. The molecule has 0 aliphatic rings. The number of hydrogen-bond acceptors (Lipinski definition) is 3. The molecule has 0 aromatic carbocycles. The second-order valence-electron chi connectivity index (χ2n) is 1.71. The zero-order valence-electron chi connectivity index (χ0n) is 5.45. The Labute approximate surface area is 63.7 Å². The van der Waals surface area contributed by atoms with Crippen LogP contribution in [0, 0.1) is 0 Å². The van der Waals surface area contributed by atoms with Gasteiger partial charge in [-0.3, -0.25) is 0 Å². The third-order valence-corrected chi connectivity index (χ3v) is 1.86. The van der Waals surface area contributed by atoms with Crippen LogP contribution in [0.5, 0.6) is 0 Å². The molecule has 4 heteroatoms. The summed E-state index contributed by atoms with van der Waals surface area (Å²) in [7, 11) is 0. The summed E-state index contributed by atoms with van der Waals surface area (Å²) in [5, 5.41) is 0.749. The van der Waals surface area contributed by atoms with E-state index >= 15 is 0 Å². The van der Waals surface area contributed by atoms with Crippen molar-refractivity contribution in [3.05, 3.63) is 25.0 Å². The van der Waals surface area contributed by atoms with Crippen molar-refractivity contribution < 1.29 is 0 Å². The van der Waals surface area contributed by atoms with Gasteiger partial charge in [-0.05, 0) is 0 Å². The van der Waals surface area contributed by atoms with Crippen molar-refractivity contribution in [1.29, 1.82) is 0 Å². The van der Waals surface area contributed by atoms with E-state index in [-0.39, 0.29) is 5.37 Å². The van der Waals surface area contributed by atoms with Gasteiger partial charge in [0.15, 0.2) is 5.16 Å². The fourth-order valence-corrected chi connectivity index (χ4v) is 1.10. The molecule has 1 aromatic rings. The smallest absolute Gasteiger partial charge is 0.167 e. The van der Waals surface area contributed by atoms with Crippen LogP contribution in [0.1, 0.15) is 0 Å². The molecule has 10 heavy (non-hydrogen) atoms. The van der Waals surface area contributed by atoms with E-state index in [0.29, 0.717) is 0 Å². The van der Waals surface area contributed by atoms with Gasteiger partial charge >= 0.3 is 0 Å². The second-order valence-corrected chi connectivity index (χ2v) is 2.88. The first-order valence-electron chi connectivity index (χ1n) is 2.87. The van der Waals surface area contributed by atoms with E-state index in [1.165, 1.54) is 11.8 Å².